The Bertz CT molecular complexity index is 787. The van der Waals surface area contributed by atoms with E-state index in [-0.39, 0.29) is 12.0 Å². The Hall–Kier alpha value is -2.34. The van der Waals surface area contributed by atoms with Gasteiger partial charge in [0.25, 0.3) is 5.91 Å². The van der Waals surface area contributed by atoms with E-state index in [4.69, 9.17) is 5.73 Å². The lowest BCUT2D eigenvalue weighted by atomic mass is 9.86. The third-order valence-electron chi connectivity index (χ3n) is 4.48. The van der Waals surface area contributed by atoms with Gasteiger partial charge in [-0.3, -0.25) is 9.59 Å². The number of hydrogen-bond donors (Lipinski definition) is 3. The van der Waals surface area contributed by atoms with Crippen molar-refractivity contribution in [2.45, 2.75) is 59.2 Å². The Morgan fingerprint density at radius 3 is 2.50 bits per heavy atom. The van der Waals surface area contributed by atoms with Gasteiger partial charge in [0.05, 0.1) is 11.7 Å². The summed E-state index contributed by atoms with van der Waals surface area (Å²) in [4.78, 5) is 24.6. The monoisotopic (exact) mass is 359 g/mol. The van der Waals surface area contributed by atoms with E-state index in [0.717, 1.165) is 17.3 Å². The summed E-state index contributed by atoms with van der Waals surface area (Å²) in [5, 5.41) is 13.1. The zero-order valence-electron chi connectivity index (χ0n) is 16.0. The van der Waals surface area contributed by atoms with Crippen molar-refractivity contribution in [1.82, 2.24) is 9.88 Å². The number of carbonyl (C=O) groups is 2. The minimum absolute atomic E-state index is 0.311. The molecule has 6 nitrogen and oxygen atoms in total. The van der Waals surface area contributed by atoms with Crippen molar-refractivity contribution in [3.05, 3.63) is 36.0 Å². The number of hydrogen-bond acceptors (Lipinski definition) is 3. The van der Waals surface area contributed by atoms with E-state index in [2.05, 4.69) is 5.32 Å². The fourth-order valence-electron chi connectivity index (χ4n) is 3.09. The molecule has 0 aliphatic rings. The molecule has 0 radical (unpaired) electrons. The third kappa shape index (κ3) is 4.64. The van der Waals surface area contributed by atoms with Gasteiger partial charge in [0.15, 0.2) is 0 Å². The second kappa shape index (κ2) is 7.91. The molecule has 2 aromatic rings. The van der Waals surface area contributed by atoms with E-state index in [1.54, 1.807) is 6.92 Å². The third-order valence-corrected chi connectivity index (χ3v) is 4.48. The van der Waals surface area contributed by atoms with Crippen LogP contribution in [0, 0.1) is 5.41 Å². The highest BCUT2D eigenvalue weighted by Crippen LogP contribution is 2.24. The van der Waals surface area contributed by atoms with Crippen LogP contribution in [0.25, 0.3) is 10.9 Å². The molecule has 4 N–H and O–H groups in total. The first kappa shape index (κ1) is 20.0. The number of aliphatic hydroxyl groups excluding tert-OH is 1. The van der Waals surface area contributed by atoms with Crippen LogP contribution in [0.15, 0.2) is 30.5 Å². The van der Waals surface area contributed by atoms with Gasteiger partial charge in [-0.25, -0.2) is 0 Å². The summed E-state index contributed by atoms with van der Waals surface area (Å²) in [5.74, 6) is -0.860. The van der Waals surface area contributed by atoms with Gasteiger partial charge in [0, 0.05) is 23.6 Å². The normalized spacial score (nSPS) is 14.2. The van der Waals surface area contributed by atoms with Crippen LogP contribution in [0.4, 0.5) is 0 Å². The van der Waals surface area contributed by atoms with Gasteiger partial charge in [-0.2, -0.15) is 0 Å². The molecule has 26 heavy (non-hydrogen) atoms. The number of nitrogens with zero attached hydrogens (tertiary/aromatic N) is 1. The fourth-order valence-corrected chi connectivity index (χ4v) is 3.09. The van der Waals surface area contributed by atoms with Gasteiger partial charge in [-0.1, -0.05) is 39.0 Å². The number of nitrogens with one attached hydrogen (secondary N) is 1. The molecule has 0 saturated carbocycles. The van der Waals surface area contributed by atoms with E-state index in [9.17, 15) is 14.7 Å². The van der Waals surface area contributed by atoms with E-state index in [1.165, 1.54) is 0 Å². The molecule has 2 rings (SSSR count). The smallest absolute Gasteiger partial charge is 0.254 e. The number of para-hydroxylation sites is 1. The molecule has 0 spiro atoms. The number of primary amides is 1. The van der Waals surface area contributed by atoms with Crippen LogP contribution in [0.5, 0.6) is 0 Å². The molecule has 2 atom stereocenters. The van der Waals surface area contributed by atoms with Crippen molar-refractivity contribution in [3.8, 4) is 0 Å². The highest BCUT2D eigenvalue weighted by atomic mass is 16.3. The lowest BCUT2D eigenvalue weighted by Gasteiger charge is -2.28. The van der Waals surface area contributed by atoms with E-state index in [1.807, 2.05) is 55.8 Å². The van der Waals surface area contributed by atoms with Crippen molar-refractivity contribution in [2.24, 2.45) is 11.1 Å². The number of aliphatic hydroxyl groups is 1. The maximum Gasteiger partial charge on any atom is 0.254 e. The van der Waals surface area contributed by atoms with Crippen LogP contribution in [0.1, 0.15) is 50.9 Å². The number of fused-ring (bicyclic) bond motifs is 1. The summed E-state index contributed by atoms with van der Waals surface area (Å²) < 4.78 is 2.02. The number of aryl methyl sites for hydroxylation is 1. The molecule has 0 saturated heterocycles. The van der Waals surface area contributed by atoms with Crippen LogP contribution in [-0.4, -0.2) is 33.6 Å². The molecule has 1 aromatic heterocycles. The van der Waals surface area contributed by atoms with Crippen molar-refractivity contribution in [3.63, 3.8) is 0 Å². The maximum absolute atomic E-state index is 12.8. The Labute approximate surface area is 154 Å². The zero-order valence-corrected chi connectivity index (χ0v) is 16.0. The average Bonchev–Trinajstić information content (AvgIpc) is 2.90. The number of nitrogens with two attached hydrogens (primary N) is 1. The summed E-state index contributed by atoms with van der Waals surface area (Å²) in [6, 6.07) is 6.91. The number of amides is 2. The molecule has 0 bridgehead atoms. The summed E-state index contributed by atoms with van der Waals surface area (Å²) in [5.41, 5.74) is 6.48. The zero-order chi connectivity index (χ0) is 19.5. The topological polar surface area (TPSA) is 97.3 Å². The molecule has 6 heteroatoms. The summed E-state index contributed by atoms with van der Waals surface area (Å²) in [7, 11) is 0. The number of carbonyl (C=O) groups excluding carboxylic acids is 2. The molecule has 0 fully saturated rings. The Morgan fingerprint density at radius 2 is 1.92 bits per heavy atom. The molecular formula is C20H29N3O3. The fraction of sp³-hybridized carbons (Fsp3) is 0.500. The standard InChI is InChI=1S/C20H29N3O3/c1-13(24)8-7-11-23-12-15(14-9-5-6-10-16(14)23)19(26)22-17(18(21)25)20(2,3)4/h5-6,9-10,12-13,17,24H,7-8,11H2,1-4H3,(H2,21,25)(H,22,26)/t13-,17-/m1/s1. The quantitative estimate of drug-likeness (QED) is 0.708. The van der Waals surface area contributed by atoms with Gasteiger partial charge in [-0.15, -0.1) is 0 Å². The van der Waals surface area contributed by atoms with Crippen LogP contribution in [0.3, 0.4) is 0 Å². The first-order chi connectivity index (χ1) is 12.1. The molecular weight excluding hydrogens is 330 g/mol. The summed E-state index contributed by atoms with van der Waals surface area (Å²) in [6.45, 7) is 8.06. The van der Waals surface area contributed by atoms with Crippen LogP contribution >= 0.6 is 0 Å². The second-order valence-electron chi connectivity index (χ2n) is 7.92. The summed E-state index contributed by atoms with van der Waals surface area (Å²) >= 11 is 0. The number of aromatic nitrogens is 1. The Morgan fingerprint density at radius 1 is 1.27 bits per heavy atom. The van der Waals surface area contributed by atoms with E-state index >= 15 is 0 Å². The van der Waals surface area contributed by atoms with Crippen LogP contribution < -0.4 is 11.1 Å². The van der Waals surface area contributed by atoms with Crippen LogP contribution in [-0.2, 0) is 11.3 Å². The van der Waals surface area contributed by atoms with Gasteiger partial charge in [0.2, 0.25) is 5.91 Å². The highest BCUT2D eigenvalue weighted by molar-refractivity contribution is 6.08. The van der Waals surface area contributed by atoms with E-state index < -0.39 is 17.4 Å². The number of benzene rings is 1. The summed E-state index contributed by atoms with van der Waals surface area (Å²) in [6.07, 6.45) is 2.97. The molecule has 2 amide bonds. The minimum atomic E-state index is -0.757. The lowest BCUT2D eigenvalue weighted by molar-refractivity contribution is -0.122. The molecule has 0 aliphatic heterocycles. The second-order valence-corrected chi connectivity index (χ2v) is 7.92. The first-order valence-electron chi connectivity index (χ1n) is 8.97. The average molecular weight is 359 g/mol. The SMILES string of the molecule is C[C@@H](O)CCCn1cc(C(=O)N[C@H](C(N)=O)C(C)(C)C)c2ccccc21. The first-order valence-corrected chi connectivity index (χ1v) is 8.97. The minimum Gasteiger partial charge on any atom is -0.393 e. The molecule has 1 aromatic carbocycles. The Balaban J connectivity index is 2.31. The van der Waals surface area contributed by atoms with Gasteiger partial charge in [0.1, 0.15) is 6.04 Å². The predicted octanol–water partition coefficient (Wildman–Crippen LogP) is 2.43. The lowest BCUT2D eigenvalue weighted by Crippen LogP contribution is -2.52. The predicted molar refractivity (Wildman–Crippen MR) is 103 cm³/mol. The number of rotatable bonds is 7. The van der Waals surface area contributed by atoms with Crippen LogP contribution in [0.2, 0.25) is 0 Å². The van der Waals surface area contributed by atoms with Gasteiger partial charge in [-0.05, 0) is 31.2 Å². The Kier molecular flexibility index (Phi) is 6.08. The van der Waals surface area contributed by atoms with Crippen molar-refractivity contribution < 1.29 is 14.7 Å². The molecule has 1 heterocycles. The highest BCUT2D eigenvalue weighted by Gasteiger charge is 2.32. The van der Waals surface area contributed by atoms with Crippen molar-refractivity contribution in [2.75, 3.05) is 0 Å². The van der Waals surface area contributed by atoms with E-state index in [0.29, 0.717) is 18.5 Å². The molecule has 0 aliphatic carbocycles. The van der Waals surface area contributed by atoms with Crippen molar-refractivity contribution >= 4 is 22.7 Å². The van der Waals surface area contributed by atoms with Gasteiger partial charge >= 0.3 is 0 Å². The largest absolute Gasteiger partial charge is 0.393 e. The van der Waals surface area contributed by atoms with Gasteiger partial charge < -0.3 is 20.7 Å². The molecule has 0 unspecified atom stereocenters. The van der Waals surface area contributed by atoms with Crippen molar-refractivity contribution in [1.29, 1.82) is 0 Å². The molecule has 142 valence electrons. The maximum atomic E-state index is 12.8.